The number of aromatic nitrogens is 6. The van der Waals surface area contributed by atoms with Crippen molar-refractivity contribution in [3.05, 3.63) is 112 Å². The third-order valence-corrected chi connectivity index (χ3v) is 8.07. The smallest absolute Gasteiger partial charge is 0.323 e. The molecule has 6 rings (SSSR count). The Morgan fingerprint density at radius 3 is 2.12 bits per heavy atom. The number of sulfonamides is 1. The Morgan fingerprint density at radius 2 is 1.48 bits per heavy atom. The van der Waals surface area contributed by atoms with Gasteiger partial charge in [0.1, 0.15) is 5.39 Å². The van der Waals surface area contributed by atoms with Crippen LogP contribution in [0.4, 0.5) is 19.1 Å². The zero-order chi connectivity index (χ0) is 29.6. The number of fused-ring (bicyclic) bond motifs is 1. The number of halogens is 3. The molecule has 6 aromatic rings. The number of rotatable bonds is 6. The van der Waals surface area contributed by atoms with Crippen LogP contribution in [0.5, 0.6) is 0 Å². The Balaban J connectivity index is 1.42. The molecule has 0 unspecified atom stereocenters. The monoisotopic (exact) mass is 609 g/mol. The van der Waals surface area contributed by atoms with Crippen LogP contribution in [0, 0.1) is 4.77 Å². The van der Waals surface area contributed by atoms with E-state index in [0.717, 1.165) is 10.1 Å². The first kappa shape index (κ1) is 27.2. The molecule has 3 aromatic carbocycles. The van der Waals surface area contributed by atoms with Crippen molar-refractivity contribution >= 4 is 39.2 Å². The van der Waals surface area contributed by atoms with Crippen LogP contribution in [0.3, 0.4) is 0 Å². The van der Waals surface area contributed by atoms with E-state index in [2.05, 4.69) is 19.8 Å². The molecule has 15 heteroatoms. The van der Waals surface area contributed by atoms with E-state index < -0.39 is 32.8 Å². The molecule has 0 fully saturated rings. The Morgan fingerprint density at radius 1 is 0.857 bits per heavy atom. The van der Waals surface area contributed by atoms with Gasteiger partial charge in [-0.2, -0.15) is 18.3 Å². The van der Waals surface area contributed by atoms with E-state index in [4.69, 9.17) is 12.2 Å². The molecule has 3 N–H and O–H groups in total. The summed E-state index contributed by atoms with van der Waals surface area (Å²) in [5, 5.41) is 4.97. The molecular formula is C27H18F3N7O3S2. The molecule has 3 heterocycles. The second kappa shape index (κ2) is 10.1. The molecule has 0 bridgehead atoms. The van der Waals surface area contributed by atoms with Crippen molar-refractivity contribution < 1.29 is 21.6 Å². The summed E-state index contributed by atoms with van der Waals surface area (Å²) in [5.41, 5.74) is -0.862. The second-order valence-corrected chi connectivity index (χ2v) is 11.0. The molecule has 0 saturated heterocycles. The molecule has 0 aliphatic heterocycles. The molecular weight excluding hydrogens is 591 g/mol. The van der Waals surface area contributed by atoms with Gasteiger partial charge in [0.05, 0.1) is 22.5 Å². The summed E-state index contributed by atoms with van der Waals surface area (Å²) in [7, 11) is -4.13. The van der Waals surface area contributed by atoms with E-state index in [1.165, 1.54) is 35.0 Å². The first-order valence-electron chi connectivity index (χ1n) is 12.2. The molecule has 212 valence electrons. The van der Waals surface area contributed by atoms with Gasteiger partial charge in [-0.1, -0.05) is 48.5 Å². The molecule has 0 atom stereocenters. The molecule has 0 aliphatic carbocycles. The quantitative estimate of drug-likeness (QED) is 0.216. The average Bonchev–Trinajstić information content (AvgIpc) is 3.62. The molecule has 10 nitrogen and oxygen atoms in total. The van der Waals surface area contributed by atoms with Crippen molar-refractivity contribution in [2.24, 2.45) is 0 Å². The van der Waals surface area contributed by atoms with Crippen molar-refractivity contribution in [2.75, 3.05) is 4.72 Å². The van der Waals surface area contributed by atoms with Gasteiger partial charge in [0.2, 0.25) is 5.95 Å². The van der Waals surface area contributed by atoms with Crippen molar-refractivity contribution in [3.63, 3.8) is 0 Å². The van der Waals surface area contributed by atoms with Crippen molar-refractivity contribution in [3.8, 4) is 22.6 Å². The summed E-state index contributed by atoms with van der Waals surface area (Å²) >= 11 is 5.56. The van der Waals surface area contributed by atoms with Gasteiger partial charge < -0.3 is 4.98 Å². The Bertz CT molecular complexity index is 2150. The topological polar surface area (TPSA) is 130 Å². The largest absolute Gasteiger partial charge is 0.433 e. The number of anilines is 1. The zero-order valence-corrected chi connectivity index (χ0v) is 22.8. The molecule has 0 aliphatic rings. The summed E-state index contributed by atoms with van der Waals surface area (Å²) in [5.74, 6) is -0.0176. The Hall–Kier alpha value is -5.02. The minimum Gasteiger partial charge on any atom is -0.323 e. The van der Waals surface area contributed by atoms with Gasteiger partial charge in [-0.25, -0.2) is 18.1 Å². The number of hydrogen-bond donors (Lipinski definition) is 3. The summed E-state index contributed by atoms with van der Waals surface area (Å²) in [6, 6.07) is 22.4. The Kier molecular flexibility index (Phi) is 6.54. The van der Waals surface area contributed by atoms with Crippen LogP contribution in [-0.4, -0.2) is 37.7 Å². The fourth-order valence-electron chi connectivity index (χ4n) is 4.43. The molecule has 0 radical (unpaired) electrons. The van der Waals surface area contributed by atoms with Crippen LogP contribution in [-0.2, 0) is 16.2 Å². The molecule has 0 saturated carbocycles. The van der Waals surface area contributed by atoms with Crippen LogP contribution in [0.1, 0.15) is 5.69 Å². The highest BCUT2D eigenvalue weighted by Crippen LogP contribution is 2.32. The number of para-hydroxylation sites is 1. The fraction of sp³-hybridized carbons (Fsp3) is 0.0370. The first-order chi connectivity index (χ1) is 20.0. The van der Waals surface area contributed by atoms with E-state index in [9.17, 15) is 26.4 Å². The minimum absolute atomic E-state index is 0.0176. The van der Waals surface area contributed by atoms with Gasteiger partial charge in [-0.15, -0.1) is 0 Å². The highest BCUT2D eigenvalue weighted by atomic mass is 32.2. The number of nitrogens with zero attached hydrogens (tertiary/aromatic N) is 4. The van der Waals surface area contributed by atoms with E-state index >= 15 is 0 Å². The van der Waals surface area contributed by atoms with Gasteiger partial charge >= 0.3 is 6.18 Å². The van der Waals surface area contributed by atoms with Gasteiger partial charge in [0, 0.05) is 5.69 Å². The predicted octanol–water partition coefficient (Wildman–Crippen LogP) is 5.44. The summed E-state index contributed by atoms with van der Waals surface area (Å²) < 4.78 is 71.9. The third kappa shape index (κ3) is 4.77. The van der Waals surface area contributed by atoms with E-state index in [0.29, 0.717) is 11.4 Å². The lowest BCUT2D eigenvalue weighted by Gasteiger charge is -2.15. The number of nitrogens with one attached hydrogen (secondary N) is 3. The Labute approximate surface area is 240 Å². The number of imidazole rings is 1. The maximum atomic E-state index is 13.8. The summed E-state index contributed by atoms with van der Waals surface area (Å²) in [6.45, 7) is 0. The van der Waals surface area contributed by atoms with E-state index in [1.54, 1.807) is 30.3 Å². The molecule has 0 amide bonds. The zero-order valence-electron chi connectivity index (χ0n) is 21.1. The first-order valence-corrected chi connectivity index (χ1v) is 14.1. The number of aromatic amines is 2. The number of alkyl halides is 3. The predicted molar refractivity (Wildman–Crippen MR) is 152 cm³/mol. The lowest BCUT2D eigenvalue weighted by molar-refractivity contribution is -0.140. The molecule has 3 aromatic heterocycles. The lowest BCUT2D eigenvalue weighted by atomic mass is 10.2. The van der Waals surface area contributed by atoms with Crippen molar-refractivity contribution in [2.45, 2.75) is 11.1 Å². The fourth-order valence-corrected chi connectivity index (χ4v) is 5.78. The summed E-state index contributed by atoms with van der Waals surface area (Å²) in [4.78, 5) is 20.3. The second-order valence-electron chi connectivity index (χ2n) is 9.00. The standard InChI is InChI=1S/C27H18F3N7O3S2/c28-27(29,30)22-21-23(34-33-22)36(17-9-5-2-6-10-17)26(41)37(24(21)38)18-11-13-19(14-12-18)42(39,40)35-25-31-15-20(32-25)16-7-3-1-4-8-16/h1-15H,(H,33,34)(H2,31,32,35). The highest BCUT2D eigenvalue weighted by Gasteiger charge is 2.38. The van der Waals surface area contributed by atoms with Crippen LogP contribution < -0.4 is 10.3 Å². The SMILES string of the molecule is O=c1c2c(C(F)(F)F)[nH]nc2n(-c2ccccc2)c(=S)n1-c1ccc(S(=O)(=O)Nc2ncc(-c3ccccc3)[nH]2)cc1. The van der Waals surface area contributed by atoms with Crippen molar-refractivity contribution in [1.82, 2.24) is 29.3 Å². The number of hydrogen-bond acceptors (Lipinski definition) is 6. The van der Waals surface area contributed by atoms with Crippen molar-refractivity contribution in [1.29, 1.82) is 0 Å². The average molecular weight is 610 g/mol. The highest BCUT2D eigenvalue weighted by molar-refractivity contribution is 7.92. The number of benzene rings is 3. The van der Waals surface area contributed by atoms with Crippen LogP contribution in [0.2, 0.25) is 0 Å². The van der Waals surface area contributed by atoms with Crippen LogP contribution in [0.25, 0.3) is 33.7 Å². The maximum Gasteiger partial charge on any atom is 0.433 e. The van der Waals surface area contributed by atoms with E-state index in [-0.39, 0.29) is 26.9 Å². The van der Waals surface area contributed by atoms with Gasteiger partial charge in [-0.05, 0) is 54.2 Å². The number of H-pyrrole nitrogens is 2. The summed E-state index contributed by atoms with van der Waals surface area (Å²) in [6.07, 6.45) is -3.42. The third-order valence-electron chi connectivity index (χ3n) is 6.35. The lowest BCUT2D eigenvalue weighted by Crippen LogP contribution is -2.25. The van der Waals surface area contributed by atoms with Gasteiger partial charge in [-0.3, -0.25) is 19.0 Å². The van der Waals surface area contributed by atoms with Gasteiger partial charge in [0.15, 0.2) is 16.1 Å². The van der Waals surface area contributed by atoms with Crippen LogP contribution >= 0.6 is 12.2 Å². The normalized spacial score (nSPS) is 12.1. The van der Waals surface area contributed by atoms with Crippen LogP contribution in [0.15, 0.2) is 101 Å². The molecule has 0 spiro atoms. The van der Waals surface area contributed by atoms with Gasteiger partial charge in [0.25, 0.3) is 15.6 Å². The minimum atomic E-state index is -4.90. The maximum absolute atomic E-state index is 13.8. The molecule has 42 heavy (non-hydrogen) atoms. The van der Waals surface area contributed by atoms with E-state index in [1.807, 2.05) is 35.4 Å².